The Balaban J connectivity index is 1.51. The molecule has 17 atom stereocenters. The van der Waals surface area contributed by atoms with Gasteiger partial charge in [-0.3, -0.25) is 4.79 Å². The Morgan fingerprint density at radius 2 is 0.800 bits per heavy atom. The molecule has 468 valence electrons. The van der Waals surface area contributed by atoms with E-state index in [0.29, 0.717) is 12.8 Å². The fourth-order valence-electron chi connectivity index (χ4n) is 10.5. The lowest BCUT2D eigenvalue weighted by Gasteiger charge is -2.48. The number of carbonyl (C=O) groups excluding carboxylic acids is 1. The van der Waals surface area contributed by atoms with Crippen molar-refractivity contribution in [2.45, 2.75) is 317 Å². The molecule has 19 heteroatoms. The molecule has 12 N–H and O–H groups in total. The molecule has 3 rings (SSSR count). The molecule has 3 saturated heterocycles. The number of unbranched alkanes of at least 4 members (excludes halogenated alkanes) is 26. The number of aliphatic hydroxyl groups is 11. The summed E-state index contributed by atoms with van der Waals surface area (Å²) in [6, 6.07) is -0.993. The average Bonchev–Trinajstić information content (AvgIpc) is 3.50. The fraction of sp³-hybridized carbons (Fsp3) is 0.885. The molecule has 0 spiro atoms. The van der Waals surface area contributed by atoms with E-state index in [-0.39, 0.29) is 18.9 Å². The lowest BCUT2D eigenvalue weighted by atomic mass is 9.96. The van der Waals surface area contributed by atoms with E-state index in [2.05, 4.69) is 43.5 Å². The summed E-state index contributed by atoms with van der Waals surface area (Å²) < 4.78 is 34.2. The van der Waals surface area contributed by atoms with Gasteiger partial charge in [0.15, 0.2) is 18.9 Å². The van der Waals surface area contributed by atoms with Crippen molar-refractivity contribution in [2.24, 2.45) is 0 Å². The lowest BCUT2D eigenvalue weighted by molar-refractivity contribution is -0.379. The maximum Gasteiger partial charge on any atom is 0.220 e. The van der Waals surface area contributed by atoms with Crippen molar-refractivity contribution < 1.29 is 89.4 Å². The van der Waals surface area contributed by atoms with E-state index >= 15 is 0 Å². The van der Waals surface area contributed by atoms with Crippen molar-refractivity contribution >= 4 is 5.91 Å². The molecule has 80 heavy (non-hydrogen) atoms. The van der Waals surface area contributed by atoms with Crippen LogP contribution in [0.1, 0.15) is 213 Å². The Bertz CT molecular complexity index is 1600. The molecule has 3 aliphatic rings. The predicted octanol–water partition coefficient (Wildman–Crippen LogP) is 6.10. The molecule has 3 heterocycles. The van der Waals surface area contributed by atoms with Crippen LogP contribution in [0, 0.1) is 0 Å². The van der Waals surface area contributed by atoms with Crippen molar-refractivity contribution in [2.75, 3.05) is 26.4 Å². The highest BCUT2D eigenvalue weighted by Crippen LogP contribution is 2.33. The van der Waals surface area contributed by atoms with Crippen molar-refractivity contribution in [1.82, 2.24) is 5.32 Å². The van der Waals surface area contributed by atoms with Crippen LogP contribution in [0.2, 0.25) is 0 Å². The summed E-state index contributed by atoms with van der Waals surface area (Å²) in [4.78, 5) is 13.3. The zero-order valence-electron chi connectivity index (χ0n) is 48.8. The number of hydrogen-bond acceptors (Lipinski definition) is 18. The van der Waals surface area contributed by atoms with Crippen LogP contribution in [0.5, 0.6) is 0 Å². The minimum atomic E-state index is -1.98. The third kappa shape index (κ3) is 27.8. The molecule has 1 amide bonds. The van der Waals surface area contributed by atoms with E-state index in [4.69, 9.17) is 28.4 Å². The summed E-state index contributed by atoms with van der Waals surface area (Å²) in [5.74, 6) is -0.294. The van der Waals surface area contributed by atoms with Gasteiger partial charge in [-0.2, -0.15) is 0 Å². The average molecular weight is 1150 g/mol. The number of allylic oxidation sites excluding steroid dienone is 5. The minimum Gasteiger partial charge on any atom is -0.394 e. The van der Waals surface area contributed by atoms with Gasteiger partial charge in [-0.25, -0.2) is 0 Å². The third-order valence-corrected chi connectivity index (χ3v) is 15.7. The molecule has 0 aromatic heterocycles. The molecule has 17 unspecified atom stereocenters. The number of ether oxygens (including phenoxy) is 6. The second-order valence-corrected chi connectivity index (χ2v) is 22.5. The van der Waals surface area contributed by atoms with Gasteiger partial charge in [-0.05, 0) is 57.8 Å². The van der Waals surface area contributed by atoms with Gasteiger partial charge in [0.25, 0.3) is 0 Å². The van der Waals surface area contributed by atoms with Crippen LogP contribution in [-0.2, 0) is 33.2 Å². The predicted molar refractivity (Wildman–Crippen MR) is 305 cm³/mol. The molecule has 19 nitrogen and oxygen atoms in total. The van der Waals surface area contributed by atoms with Crippen molar-refractivity contribution in [3.8, 4) is 0 Å². The Morgan fingerprint density at radius 1 is 0.438 bits per heavy atom. The van der Waals surface area contributed by atoms with Crippen LogP contribution in [0.25, 0.3) is 0 Å². The monoisotopic (exact) mass is 1150 g/mol. The minimum absolute atomic E-state index is 0.226. The van der Waals surface area contributed by atoms with Crippen LogP contribution in [0.15, 0.2) is 36.5 Å². The Morgan fingerprint density at radius 3 is 1.25 bits per heavy atom. The topological polar surface area (TPSA) is 307 Å². The van der Waals surface area contributed by atoms with Crippen LogP contribution in [0.4, 0.5) is 0 Å². The normalized spacial score (nSPS) is 30.2. The smallest absolute Gasteiger partial charge is 0.220 e. The fourth-order valence-corrected chi connectivity index (χ4v) is 10.5. The lowest BCUT2D eigenvalue weighted by Crippen LogP contribution is -2.66. The molecule has 0 saturated carbocycles. The maximum absolute atomic E-state index is 13.3. The summed E-state index contributed by atoms with van der Waals surface area (Å²) in [5, 5.41) is 120. The number of rotatable bonds is 46. The molecular formula is C61H111NO18. The first-order chi connectivity index (χ1) is 38.8. The first-order valence-corrected chi connectivity index (χ1v) is 31.2. The van der Waals surface area contributed by atoms with E-state index < -0.39 is 124 Å². The Hall–Kier alpha value is -1.99. The molecule has 0 radical (unpaired) electrons. The van der Waals surface area contributed by atoms with Crippen molar-refractivity contribution in [1.29, 1.82) is 0 Å². The first kappa shape index (κ1) is 72.3. The van der Waals surface area contributed by atoms with Gasteiger partial charge in [-0.1, -0.05) is 185 Å². The number of hydrogen-bond donors (Lipinski definition) is 12. The summed E-state index contributed by atoms with van der Waals surface area (Å²) in [6.45, 7) is 1.69. The third-order valence-electron chi connectivity index (χ3n) is 15.7. The van der Waals surface area contributed by atoms with Gasteiger partial charge < -0.3 is 89.9 Å². The second kappa shape index (κ2) is 44.5. The van der Waals surface area contributed by atoms with Crippen LogP contribution >= 0.6 is 0 Å². The largest absolute Gasteiger partial charge is 0.394 e. The quantitative estimate of drug-likeness (QED) is 0.0242. The highest BCUT2D eigenvalue weighted by atomic mass is 16.8. The molecule has 0 bridgehead atoms. The van der Waals surface area contributed by atoms with E-state index in [0.717, 1.165) is 57.8 Å². The molecule has 0 aromatic rings. The summed E-state index contributed by atoms with van der Waals surface area (Å²) in [6.07, 6.45) is 21.3. The zero-order valence-corrected chi connectivity index (χ0v) is 48.8. The first-order valence-electron chi connectivity index (χ1n) is 31.2. The Labute approximate surface area is 479 Å². The van der Waals surface area contributed by atoms with Gasteiger partial charge in [0.2, 0.25) is 5.91 Å². The van der Waals surface area contributed by atoms with Gasteiger partial charge in [0.05, 0.1) is 38.6 Å². The standard InChI is InChI=1S/C61H111NO18/c1-3-5-7-9-11-13-15-17-19-20-21-22-23-25-26-28-30-32-34-36-38-45(66)44(62-49(67)39-37-35-33-31-29-27-24-18-16-14-12-10-8-6-4-2)43-75-59-55(73)52(70)57(47(41-64)77-59)80-61-56(74)53(71)58(48(42-65)78-61)79-60-54(72)51(69)50(68)46(40-63)76-60/h18,24,28,30,36,38,44-48,50-61,63-66,68-74H,3-17,19-23,25-27,29,31-35,37,39-43H2,1-2H3,(H,62,67)/b24-18-,30-28+,38-36+. The van der Waals surface area contributed by atoms with Gasteiger partial charge in [0.1, 0.15) is 73.2 Å². The van der Waals surface area contributed by atoms with Crippen LogP contribution in [0.3, 0.4) is 0 Å². The number of carbonyl (C=O) groups is 1. The SMILES string of the molecule is CCCCCCCC/C=C\CCCCCCCC(=O)NC(COC1OC(CO)C(OC2OC(CO)C(OC3OC(CO)C(O)C(O)C3O)C(O)C2O)C(O)C1O)C(O)/C=C/CC/C=C/CCCCCCCCCCCCCCCC. The number of aliphatic hydroxyl groups excluding tert-OH is 11. The zero-order chi connectivity index (χ0) is 58.3. The summed E-state index contributed by atoms with van der Waals surface area (Å²) >= 11 is 0. The summed E-state index contributed by atoms with van der Waals surface area (Å²) in [5.41, 5.74) is 0. The van der Waals surface area contributed by atoms with Gasteiger partial charge in [0, 0.05) is 6.42 Å². The number of amides is 1. The molecule has 0 aromatic carbocycles. The summed E-state index contributed by atoms with van der Waals surface area (Å²) in [7, 11) is 0. The van der Waals surface area contributed by atoms with Crippen LogP contribution < -0.4 is 5.32 Å². The van der Waals surface area contributed by atoms with Crippen LogP contribution in [-0.4, -0.2) is 193 Å². The highest BCUT2D eigenvalue weighted by Gasteiger charge is 2.53. The van der Waals surface area contributed by atoms with Crippen molar-refractivity contribution in [3.63, 3.8) is 0 Å². The number of nitrogens with one attached hydrogen (secondary N) is 1. The van der Waals surface area contributed by atoms with Crippen molar-refractivity contribution in [3.05, 3.63) is 36.5 Å². The van der Waals surface area contributed by atoms with E-state index in [9.17, 15) is 61.0 Å². The maximum atomic E-state index is 13.3. The highest BCUT2D eigenvalue weighted by molar-refractivity contribution is 5.76. The van der Waals surface area contributed by atoms with E-state index in [1.54, 1.807) is 6.08 Å². The van der Waals surface area contributed by atoms with E-state index in [1.807, 2.05) is 6.08 Å². The molecule has 3 aliphatic heterocycles. The molecule has 0 aliphatic carbocycles. The van der Waals surface area contributed by atoms with Gasteiger partial charge >= 0.3 is 0 Å². The van der Waals surface area contributed by atoms with E-state index in [1.165, 1.54) is 122 Å². The van der Waals surface area contributed by atoms with Gasteiger partial charge in [-0.15, -0.1) is 0 Å². The second-order valence-electron chi connectivity index (χ2n) is 22.5. The molecular weight excluding hydrogens is 1030 g/mol. The molecule has 3 fully saturated rings. The Kier molecular flexibility index (Phi) is 40.2.